The Labute approximate surface area is 75.5 Å². The minimum Gasteiger partial charge on any atom is -0.299 e. The highest BCUT2D eigenvalue weighted by Gasteiger charge is 2.29. The molecule has 1 rings (SSSR count). The largest absolute Gasteiger partial charge is 0.299 e. The van der Waals surface area contributed by atoms with Gasteiger partial charge in [0.15, 0.2) is 0 Å². The topological polar surface area (TPSA) is 17.1 Å². The van der Waals surface area contributed by atoms with Crippen molar-refractivity contribution in [3.05, 3.63) is 6.92 Å². The maximum Gasteiger partial charge on any atom is 0.138 e. The second-order valence-electron chi connectivity index (χ2n) is 4.66. The fraction of sp³-hybridized carbons (Fsp3) is 0.818. The number of carbonyl (C=O) groups excluding carboxylic acids is 1. The zero-order valence-corrected chi connectivity index (χ0v) is 8.23. The standard InChI is InChI=1S/C11H19O/c1-9(12)11(2,3)8-10-6-4-5-7-10/h10H,1,4-8H2,2-3H3. The first-order valence-corrected chi connectivity index (χ1v) is 4.89. The Hall–Kier alpha value is -0.330. The molecule has 0 aromatic heterocycles. The van der Waals surface area contributed by atoms with Crippen molar-refractivity contribution in [3.63, 3.8) is 0 Å². The summed E-state index contributed by atoms with van der Waals surface area (Å²) in [6.45, 7) is 7.54. The number of hydrogen-bond donors (Lipinski definition) is 0. The number of carbonyl (C=O) groups is 1. The molecule has 0 bridgehead atoms. The summed E-state index contributed by atoms with van der Waals surface area (Å²) in [6.07, 6.45) is 6.38. The van der Waals surface area contributed by atoms with Crippen LogP contribution in [0.1, 0.15) is 46.0 Å². The maximum atomic E-state index is 11.1. The van der Waals surface area contributed by atoms with Crippen molar-refractivity contribution in [2.45, 2.75) is 46.0 Å². The quantitative estimate of drug-likeness (QED) is 0.631. The van der Waals surface area contributed by atoms with Crippen LogP contribution in [-0.4, -0.2) is 5.78 Å². The first kappa shape index (κ1) is 9.76. The van der Waals surface area contributed by atoms with Gasteiger partial charge in [0.2, 0.25) is 0 Å². The number of ketones is 1. The number of Topliss-reactive ketones (excluding diaryl/α,β-unsaturated/α-hetero) is 1. The molecule has 1 aliphatic rings. The molecule has 0 aliphatic heterocycles. The third-order valence-electron chi connectivity index (χ3n) is 3.03. The lowest BCUT2D eigenvalue weighted by atomic mass is 9.79. The fourth-order valence-corrected chi connectivity index (χ4v) is 2.05. The lowest BCUT2D eigenvalue weighted by Crippen LogP contribution is -2.24. The van der Waals surface area contributed by atoms with Gasteiger partial charge in [-0.1, -0.05) is 39.5 Å². The minimum atomic E-state index is -0.186. The summed E-state index contributed by atoms with van der Waals surface area (Å²) in [7, 11) is 0. The van der Waals surface area contributed by atoms with E-state index in [1.807, 2.05) is 13.8 Å². The monoisotopic (exact) mass is 167 g/mol. The summed E-state index contributed by atoms with van der Waals surface area (Å²) in [4.78, 5) is 11.1. The van der Waals surface area contributed by atoms with Crippen LogP contribution in [0.2, 0.25) is 0 Å². The molecule has 1 heteroatoms. The van der Waals surface area contributed by atoms with Crippen LogP contribution in [0.4, 0.5) is 0 Å². The molecule has 0 aromatic rings. The molecular weight excluding hydrogens is 148 g/mol. The van der Waals surface area contributed by atoms with Crippen molar-refractivity contribution in [1.82, 2.24) is 0 Å². The van der Waals surface area contributed by atoms with Gasteiger partial charge in [-0.25, -0.2) is 0 Å². The fourth-order valence-electron chi connectivity index (χ4n) is 2.05. The average Bonchev–Trinajstić information content (AvgIpc) is 2.38. The summed E-state index contributed by atoms with van der Waals surface area (Å²) in [5.41, 5.74) is -0.186. The molecule has 69 valence electrons. The molecule has 0 heterocycles. The summed E-state index contributed by atoms with van der Waals surface area (Å²) < 4.78 is 0. The van der Waals surface area contributed by atoms with E-state index in [0.29, 0.717) is 0 Å². The molecule has 0 spiro atoms. The van der Waals surface area contributed by atoms with E-state index in [2.05, 4.69) is 6.92 Å². The smallest absolute Gasteiger partial charge is 0.138 e. The Bertz CT molecular complexity index is 164. The van der Waals surface area contributed by atoms with Gasteiger partial charge in [-0.15, -0.1) is 0 Å². The van der Waals surface area contributed by atoms with E-state index in [0.717, 1.165) is 12.3 Å². The molecule has 0 aromatic carbocycles. The van der Waals surface area contributed by atoms with E-state index >= 15 is 0 Å². The van der Waals surface area contributed by atoms with Crippen LogP contribution in [0.5, 0.6) is 0 Å². The third kappa shape index (κ3) is 2.33. The summed E-state index contributed by atoms with van der Waals surface area (Å²) >= 11 is 0. The predicted molar refractivity (Wildman–Crippen MR) is 50.7 cm³/mol. The minimum absolute atomic E-state index is 0.0920. The Morgan fingerprint density at radius 3 is 2.33 bits per heavy atom. The van der Waals surface area contributed by atoms with Gasteiger partial charge in [-0.2, -0.15) is 0 Å². The summed E-state index contributed by atoms with van der Waals surface area (Å²) in [6, 6.07) is 0. The van der Waals surface area contributed by atoms with Crippen LogP contribution >= 0.6 is 0 Å². The molecule has 1 saturated carbocycles. The van der Waals surface area contributed by atoms with Crippen molar-refractivity contribution >= 4 is 5.78 Å². The predicted octanol–water partition coefficient (Wildman–Crippen LogP) is 3.00. The van der Waals surface area contributed by atoms with Crippen molar-refractivity contribution in [3.8, 4) is 0 Å². The van der Waals surface area contributed by atoms with Crippen LogP contribution in [0.3, 0.4) is 0 Å². The average molecular weight is 167 g/mol. The van der Waals surface area contributed by atoms with Gasteiger partial charge < -0.3 is 0 Å². The first-order valence-electron chi connectivity index (χ1n) is 4.89. The molecule has 0 atom stereocenters. The zero-order valence-electron chi connectivity index (χ0n) is 8.23. The third-order valence-corrected chi connectivity index (χ3v) is 3.03. The first-order chi connectivity index (χ1) is 5.52. The van der Waals surface area contributed by atoms with Crippen molar-refractivity contribution in [2.75, 3.05) is 0 Å². The Kier molecular flexibility index (Phi) is 2.92. The van der Waals surface area contributed by atoms with Gasteiger partial charge in [0.25, 0.3) is 0 Å². The van der Waals surface area contributed by atoms with Crippen molar-refractivity contribution in [2.24, 2.45) is 11.3 Å². The van der Waals surface area contributed by atoms with Gasteiger partial charge >= 0.3 is 0 Å². The van der Waals surface area contributed by atoms with E-state index in [1.165, 1.54) is 25.7 Å². The van der Waals surface area contributed by atoms with E-state index in [9.17, 15) is 4.79 Å². The highest BCUT2D eigenvalue weighted by molar-refractivity contribution is 5.87. The molecule has 0 unspecified atom stereocenters. The van der Waals surface area contributed by atoms with Gasteiger partial charge in [0.1, 0.15) is 5.78 Å². The van der Waals surface area contributed by atoms with E-state index in [-0.39, 0.29) is 11.2 Å². The number of rotatable bonds is 3. The second-order valence-corrected chi connectivity index (χ2v) is 4.66. The van der Waals surface area contributed by atoms with E-state index in [1.54, 1.807) is 0 Å². The Morgan fingerprint density at radius 1 is 1.42 bits per heavy atom. The lowest BCUT2D eigenvalue weighted by Gasteiger charge is -2.24. The van der Waals surface area contributed by atoms with E-state index < -0.39 is 0 Å². The summed E-state index contributed by atoms with van der Waals surface area (Å²) in [5.74, 6) is 0.875. The molecule has 1 aliphatic carbocycles. The second kappa shape index (κ2) is 3.59. The molecule has 0 amide bonds. The highest BCUT2D eigenvalue weighted by Crippen LogP contribution is 2.35. The SMILES string of the molecule is [CH2]C(=O)C(C)(C)CC1CCCC1. The van der Waals surface area contributed by atoms with Gasteiger partial charge in [-0.05, 0) is 12.3 Å². The van der Waals surface area contributed by atoms with Crippen LogP contribution in [0, 0.1) is 18.3 Å². The molecule has 1 nitrogen and oxygen atoms in total. The molecule has 1 fully saturated rings. The van der Waals surface area contributed by atoms with E-state index in [4.69, 9.17) is 0 Å². The van der Waals surface area contributed by atoms with Crippen LogP contribution in [0.15, 0.2) is 0 Å². The lowest BCUT2D eigenvalue weighted by molar-refractivity contribution is -0.123. The van der Waals surface area contributed by atoms with Gasteiger partial charge in [0, 0.05) is 12.3 Å². The van der Waals surface area contributed by atoms with Gasteiger partial charge in [-0.3, -0.25) is 4.79 Å². The Morgan fingerprint density at radius 2 is 1.92 bits per heavy atom. The molecule has 12 heavy (non-hydrogen) atoms. The maximum absolute atomic E-state index is 11.1. The van der Waals surface area contributed by atoms with Gasteiger partial charge in [0.05, 0.1) is 0 Å². The van der Waals surface area contributed by atoms with Crippen LogP contribution in [-0.2, 0) is 4.79 Å². The normalized spacial score (nSPS) is 19.9. The summed E-state index contributed by atoms with van der Waals surface area (Å²) in [5, 5.41) is 0. The van der Waals surface area contributed by atoms with Crippen molar-refractivity contribution in [1.29, 1.82) is 0 Å². The molecular formula is C11H19O. The molecule has 1 radical (unpaired) electrons. The Balaban J connectivity index is 2.42. The zero-order chi connectivity index (χ0) is 9.19. The molecule has 0 saturated heterocycles. The number of hydrogen-bond acceptors (Lipinski definition) is 1. The van der Waals surface area contributed by atoms with Crippen molar-refractivity contribution < 1.29 is 4.79 Å². The van der Waals surface area contributed by atoms with Crippen LogP contribution in [0.25, 0.3) is 0 Å². The van der Waals surface area contributed by atoms with Crippen LogP contribution < -0.4 is 0 Å². The molecule has 0 N–H and O–H groups in total. The highest BCUT2D eigenvalue weighted by atomic mass is 16.1.